The van der Waals surface area contributed by atoms with Crippen LogP contribution in [-0.2, 0) is 10.2 Å². The highest BCUT2D eigenvalue weighted by Gasteiger charge is 2.42. The van der Waals surface area contributed by atoms with Crippen LogP contribution in [0.4, 0.5) is 0 Å². The smallest absolute Gasteiger partial charge is 0.122 e. The third kappa shape index (κ3) is 1.91. The second kappa shape index (κ2) is 4.90. The highest BCUT2D eigenvalue weighted by atomic mass is 16.5. The molecule has 3 heteroatoms. The summed E-state index contributed by atoms with van der Waals surface area (Å²) < 4.78 is 10.9. The van der Waals surface area contributed by atoms with Gasteiger partial charge in [-0.3, -0.25) is 0 Å². The molecule has 100 valence electrons. The van der Waals surface area contributed by atoms with Gasteiger partial charge in [-0.2, -0.15) is 0 Å². The van der Waals surface area contributed by atoms with Crippen LogP contribution in [0, 0.1) is 20.8 Å². The lowest BCUT2D eigenvalue weighted by Gasteiger charge is -2.44. The van der Waals surface area contributed by atoms with Gasteiger partial charge in [-0.05, 0) is 56.1 Å². The van der Waals surface area contributed by atoms with Crippen LogP contribution in [0.25, 0.3) is 0 Å². The standard InChI is InChI=1S/C15H23NO2/c1-10-6-13(17-5)11(2)12(3)14(10)15(7-16-4)8-18-9-15/h6,16H,7-9H2,1-5H3. The Labute approximate surface area is 109 Å². The number of nitrogens with one attached hydrogen (secondary N) is 1. The number of methoxy groups -OCH3 is 1. The molecule has 1 fully saturated rings. The van der Waals surface area contributed by atoms with E-state index >= 15 is 0 Å². The van der Waals surface area contributed by atoms with Crippen molar-refractivity contribution >= 4 is 0 Å². The first-order valence-corrected chi connectivity index (χ1v) is 6.43. The predicted octanol–water partition coefficient (Wildman–Crippen LogP) is 2.11. The maximum atomic E-state index is 5.48. The maximum absolute atomic E-state index is 5.48. The Balaban J connectivity index is 2.54. The summed E-state index contributed by atoms with van der Waals surface area (Å²) in [4.78, 5) is 0. The Morgan fingerprint density at radius 3 is 2.39 bits per heavy atom. The molecule has 1 N–H and O–H groups in total. The summed E-state index contributed by atoms with van der Waals surface area (Å²) in [6.45, 7) is 9.06. The molecule has 0 aliphatic carbocycles. The molecule has 0 bridgehead atoms. The molecule has 18 heavy (non-hydrogen) atoms. The van der Waals surface area contributed by atoms with Crippen LogP contribution in [0.5, 0.6) is 5.75 Å². The van der Waals surface area contributed by atoms with E-state index in [-0.39, 0.29) is 5.41 Å². The molecular formula is C15H23NO2. The molecule has 0 radical (unpaired) electrons. The highest BCUT2D eigenvalue weighted by Crippen LogP contribution is 2.39. The zero-order valence-electron chi connectivity index (χ0n) is 12.0. The van der Waals surface area contributed by atoms with E-state index in [0.717, 1.165) is 25.5 Å². The first kappa shape index (κ1) is 13.4. The fraction of sp³-hybridized carbons (Fsp3) is 0.600. The number of hydrogen-bond acceptors (Lipinski definition) is 3. The van der Waals surface area contributed by atoms with E-state index in [2.05, 4.69) is 32.2 Å². The molecule has 3 nitrogen and oxygen atoms in total. The number of ether oxygens (including phenoxy) is 2. The largest absolute Gasteiger partial charge is 0.496 e. The topological polar surface area (TPSA) is 30.5 Å². The van der Waals surface area contributed by atoms with E-state index in [1.807, 2.05) is 7.05 Å². The molecule has 1 aromatic carbocycles. The molecule has 1 saturated heterocycles. The molecule has 1 aromatic rings. The predicted molar refractivity (Wildman–Crippen MR) is 73.6 cm³/mol. The normalized spacial score (nSPS) is 17.4. The fourth-order valence-electron chi connectivity index (χ4n) is 3.09. The van der Waals surface area contributed by atoms with Gasteiger partial charge in [0.25, 0.3) is 0 Å². The van der Waals surface area contributed by atoms with Crippen molar-refractivity contribution < 1.29 is 9.47 Å². The van der Waals surface area contributed by atoms with Crippen LogP contribution in [-0.4, -0.2) is 33.9 Å². The van der Waals surface area contributed by atoms with Crippen molar-refractivity contribution in [3.05, 3.63) is 28.3 Å². The Morgan fingerprint density at radius 2 is 1.94 bits per heavy atom. The molecular weight excluding hydrogens is 226 g/mol. The molecule has 0 saturated carbocycles. The Hall–Kier alpha value is -1.06. The molecule has 1 heterocycles. The lowest BCUT2D eigenvalue weighted by atomic mass is 9.73. The summed E-state index contributed by atoms with van der Waals surface area (Å²) in [5.41, 5.74) is 5.45. The SMILES string of the molecule is CNCC1(c2c(C)cc(OC)c(C)c2C)COC1. The number of hydrogen-bond donors (Lipinski definition) is 1. The van der Waals surface area contributed by atoms with Crippen molar-refractivity contribution in [2.24, 2.45) is 0 Å². The lowest BCUT2D eigenvalue weighted by molar-refractivity contribution is -0.0588. The summed E-state index contributed by atoms with van der Waals surface area (Å²) in [5.74, 6) is 0.980. The van der Waals surface area contributed by atoms with Crippen LogP contribution < -0.4 is 10.1 Å². The van der Waals surface area contributed by atoms with Crippen molar-refractivity contribution in [2.75, 3.05) is 33.9 Å². The molecule has 0 atom stereocenters. The minimum absolute atomic E-state index is 0.139. The van der Waals surface area contributed by atoms with Gasteiger partial charge in [-0.1, -0.05) is 0 Å². The molecule has 0 spiro atoms. The summed E-state index contributed by atoms with van der Waals surface area (Å²) in [6.07, 6.45) is 0. The van der Waals surface area contributed by atoms with Gasteiger partial charge in [0.15, 0.2) is 0 Å². The summed E-state index contributed by atoms with van der Waals surface area (Å²) in [5, 5.41) is 3.30. The molecule has 0 unspecified atom stereocenters. The van der Waals surface area contributed by atoms with E-state index in [1.165, 1.54) is 22.3 Å². The van der Waals surface area contributed by atoms with Gasteiger partial charge in [-0.15, -0.1) is 0 Å². The van der Waals surface area contributed by atoms with Gasteiger partial charge in [-0.25, -0.2) is 0 Å². The molecule has 0 aromatic heterocycles. The highest BCUT2D eigenvalue weighted by molar-refractivity contribution is 5.52. The number of rotatable bonds is 4. The summed E-state index contributed by atoms with van der Waals surface area (Å²) in [6, 6.07) is 2.15. The second-order valence-electron chi connectivity index (χ2n) is 5.32. The Kier molecular flexibility index (Phi) is 3.64. The van der Waals surface area contributed by atoms with E-state index in [1.54, 1.807) is 7.11 Å². The van der Waals surface area contributed by atoms with Gasteiger partial charge in [0.2, 0.25) is 0 Å². The zero-order chi connectivity index (χ0) is 13.3. The minimum Gasteiger partial charge on any atom is -0.496 e. The second-order valence-corrected chi connectivity index (χ2v) is 5.32. The van der Waals surface area contributed by atoms with Crippen molar-refractivity contribution in [1.29, 1.82) is 0 Å². The van der Waals surface area contributed by atoms with E-state index in [9.17, 15) is 0 Å². The quantitative estimate of drug-likeness (QED) is 0.886. The number of aryl methyl sites for hydroxylation is 1. The monoisotopic (exact) mass is 249 g/mol. The third-order valence-corrected chi connectivity index (χ3v) is 4.07. The van der Waals surface area contributed by atoms with Crippen molar-refractivity contribution in [1.82, 2.24) is 5.32 Å². The maximum Gasteiger partial charge on any atom is 0.122 e. The molecule has 2 rings (SSSR count). The molecule has 1 aliphatic heterocycles. The van der Waals surface area contributed by atoms with Crippen molar-refractivity contribution in [2.45, 2.75) is 26.2 Å². The van der Waals surface area contributed by atoms with Crippen molar-refractivity contribution in [3.8, 4) is 5.75 Å². The van der Waals surface area contributed by atoms with Crippen LogP contribution in [0.2, 0.25) is 0 Å². The summed E-state index contributed by atoms with van der Waals surface area (Å²) in [7, 11) is 3.73. The Bertz CT molecular complexity index is 450. The third-order valence-electron chi connectivity index (χ3n) is 4.07. The van der Waals surface area contributed by atoms with Crippen LogP contribution in [0.3, 0.4) is 0 Å². The van der Waals surface area contributed by atoms with E-state index < -0.39 is 0 Å². The molecule has 0 amide bonds. The molecule has 1 aliphatic rings. The first-order chi connectivity index (χ1) is 8.55. The summed E-state index contributed by atoms with van der Waals surface area (Å²) >= 11 is 0. The first-order valence-electron chi connectivity index (χ1n) is 6.43. The number of benzene rings is 1. The van der Waals surface area contributed by atoms with Gasteiger partial charge in [0.05, 0.1) is 25.7 Å². The lowest BCUT2D eigenvalue weighted by Crippen LogP contribution is -2.53. The van der Waals surface area contributed by atoms with Crippen LogP contribution in [0.1, 0.15) is 22.3 Å². The van der Waals surface area contributed by atoms with Crippen LogP contribution >= 0.6 is 0 Å². The number of likely N-dealkylation sites (N-methyl/N-ethyl adjacent to an activating group) is 1. The van der Waals surface area contributed by atoms with Gasteiger partial charge in [0.1, 0.15) is 5.75 Å². The fourth-order valence-corrected chi connectivity index (χ4v) is 3.09. The van der Waals surface area contributed by atoms with Crippen LogP contribution in [0.15, 0.2) is 6.07 Å². The zero-order valence-corrected chi connectivity index (χ0v) is 12.0. The average molecular weight is 249 g/mol. The van der Waals surface area contributed by atoms with Gasteiger partial charge >= 0.3 is 0 Å². The Morgan fingerprint density at radius 1 is 1.28 bits per heavy atom. The van der Waals surface area contributed by atoms with Gasteiger partial charge < -0.3 is 14.8 Å². The van der Waals surface area contributed by atoms with Crippen molar-refractivity contribution in [3.63, 3.8) is 0 Å². The minimum atomic E-state index is 0.139. The van der Waals surface area contributed by atoms with E-state index in [4.69, 9.17) is 9.47 Å². The van der Waals surface area contributed by atoms with Gasteiger partial charge in [0, 0.05) is 6.54 Å². The average Bonchev–Trinajstić information content (AvgIpc) is 2.30. The van der Waals surface area contributed by atoms with E-state index in [0.29, 0.717) is 0 Å².